The van der Waals surface area contributed by atoms with Crippen molar-refractivity contribution in [2.75, 3.05) is 10.2 Å². The summed E-state index contributed by atoms with van der Waals surface area (Å²) in [7, 11) is 0. The molecule has 3 aromatic heterocycles. The van der Waals surface area contributed by atoms with Crippen LogP contribution in [0.15, 0.2) is 36.7 Å². The molecule has 26 heavy (non-hydrogen) atoms. The van der Waals surface area contributed by atoms with Gasteiger partial charge in [0.25, 0.3) is 0 Å². The highest BCUT2D eigenvalue weighted by atomic mass is 32.1. The minimum atomic E-state index is -0.499. The van der Waals surface area contributed by atoms with E-state index in [4.69, 9.17) is 0 Å². The van der Waals surface area contributed by atoms with Crippen LogP contribution in [0.1, 0.15) is 32.3 Å². The molecular weight excluding hydrogens is 346 g/mol. The summed E-state index contributed by atoms with van der Waals surface area (Å²) in [5, 5.41) is 4.39. The number of nitrogens with zero attached hydrogens (tertiary/aromatic N) is 4. The number of anilines is 2. The van der Waals surface area contributed by atoms with E-state index in [9.17, 15) is 4.79 Å². The topological polar surface area (TPSA) is 71.0 Å². The van der Waals surface area contributed by atoms with Gasteiger partial charge >= 0.3 is 0 Å². The summed E-state index contributed by atoms with van der Waals surface area (Å²) in [5.41, 5.74) is 1.31. The molecule has 1 amide bonds. The number of hydrogen-bond donors (Lipinski definition) is 1. The van der Waals surface area contributed by atoms with Gasteiger partial charge in [0.1, 0.15) is 5.82 Å². The highest BCUT2D eigenvalue weighted by molar-refractivity contribution is 7.22. The maximum atomic E-state index is 12.9. The fourth-order valence-electron chi connectivity index (χ4n) is 3.85. The van der Waals surface area contributed by atoms with Crippen LogP contribution in [-0.2, 0) is 10.2 Å². The lowest BCUT2D eigenvalue weighted by Crippen LogP contribution is -2.53. The van der Waals surface area contributed by atoms with Crippen LogP contribution in [0.25, 0.3) is 10.3 Å². The third kappa shape index (κ3) is 2.23. The third-order valence-electron chi connectivity index (χ3n) is 5.41. The van der Waals surface area contributed by atoms with Gasteiger partial charge in [0.2, 0.25) is 5.91 Å². The molecule has 4 heterocycles. The van der Waals surface area contributed by atoms with Gasteiger partial charge in [-0.05, 0) is 44.9 Å². The first-order chi connectivity index (χ1) is 12.5. The lowest BCUT2D eigenvalue weighted by atomic mass is 9.84. The molecule has 6 nitrogen and oxygen atoms in total. The number of thiazole rings is 1. The molecule has 0 spiro atoms. The second kappa shape index (κ2) is 5.48. The largest absolute Gasteiger partial charge is 0.359 e. The van der Waals surface area contributed by atoms with Crippen molar-refractivity contribution in [1.82, 2.24) is 15.0 Å². The molecule has 0 saturated heterocycles. The Balaban J connectivity index is 1.32. The van der Waals surface area contributed by atoms with Gasteiger partial charge in [-0.3, -0.25) is 9.69 Å². The number of amides is 1. The van der Waals surface area contributed by atoms with E-state index in [0.717, 1.165) is 39.7 Å². The summed E-state index contributed by atoms with van der Waals surface area (Å²) in [6.45, 7) is 3.97. The van der Waals surface area contributed by atoms with Crippen molar-refractivity contribution in [2.24, 2.45) is 0 Å². The predicted molar refractivity (Wildman–Crippen MR) is 103 cm³/mol. The Labute approximate surface area is 155 Å². The first-order valence-electron chi connectivity index (χ1n) is 8.81. The first kappa shape index (κ1) is 15.7. The van der Waals surface area contributed by atoms with Gasteiger partial charge in [-0.1, -0.05) is 17.4 Å². The zero-order valence-electron chi connectivity index (χ0n) is 14.6. The van der Waals surface area contributed by atoms with Crippen molar-refractivity contribution in [2.45, 2.75) is 44.2 Å². The molecule has 0 radical (unpaired) electrons. The summed E-state index contributed by atoms with van der Waals surface area (Å²) in [6.07, 6.45) is 5.34. The second-order valence-electron chi connectivity index (χ2n) is 7.49. The lowest BCUT2D eigenvalue weighted by Gasteiger charge is -2.41. The van der Waals surface area contributed by atoms with E-state index in [2.05, 4.69) is 20.3 Å². The van der Waals surface area contributed by atoms with E-state index >= 15 is 0 Å². The average Bonchev–Trinajstić information content (AvgIpc) is 3.09. The molecule has 1 saturated carbocycles. The van der Waals surface area contributed by atoms with E-state index in [-0.39, 0.29) is 11.9 Å². The van der Waals surface area contributed by atoms with Gasteiger partial charge in [-0.2, -0.15) is 0 Å². The number of hydrogen-bond acceptors (Lipinski definition) is 6. The molecule has 7 heteroatoms. The van der Waals surface area contributed by atoms with Gasteiger partial charge in [0, 0.05) is 30.0 Å². The van der Waals surface area contributed by atoms with Crippen LogP contribution in [0.2, 0.25) is 0 Å². The monoisotopic (exact) mass is 365 g/mol. The normalized spacial score (nSPS) is 23.8. The van der Waals surface area contributed by atoms with Crippen molar-refractivity contribution >= 4 is 38.5 Å². The number of aromatic nitrogens is 3. The standard InChI is InChI=1S/C19H19N5OS/c1-19(2)13-5-3-8-21-16(13)24(17(19)25)12-9-11(10-12)22-18-23-15-14(26-18)6-4-7-20-15/h3-8,11-12H,9-10H2,1-2H3,(H,20,22,23)/t11-,12-. The Morgan fingerprint density at radius 2 is 1.96 bits per heavy atom. The molecule has 1 aliphatic carbocycles. The molecule has 2 aliphatic rings. The van der Waals surface area contributed by atoms with E-state index in [1.165, 1.54) is 0 Å². The van der Waals surface area contributed by atoms with Crippen LogP contribution >= 0.6 is 11.3 Å². The maximum absolute atomic E-state index is 12.9. The van der Waals surface area contributed by atoms with Gasteiger partial charge < -0.3 is 5.32 Å². The molecule has 0 bridgehead atoms. The van der Waals surface area contributed by atoms with E-state index in [1.807, 2.05) is 43.0 Å². The predicted octanol–water partition coefficient (Wildman–Crippen LogP) is 3.35. The van der Waals surface area contributed by atoms with Crippen LogP contribution in [0.5, 0.6) is 0 Å². The van der Waals surface area contributed by atoms with Crippen LogP contribution < -0.4 is 10.2 Å². The van der Waals surface area contributed by atoms with Gasteiger partial charge in [0.05, 0.1) is 10.1 Å². The van der Waals surface area contributed by atoms with Crippen molar-refractivity contribution in [1.29, 1.82) is 0 Å². The van der Waals surface area contributed by atoms with Crippen molar-refractivity contribution < 1.29 is 4.79 Å². The number of nitrogens with one attached hydrogen (secondary N) is 1. The Hall–Kier alpha value is -2.54. The SMILES string of the molecule is CC1(C)C(=O)N([C@H]2C[C@H](Nc3nc4ncccc4s3)C2)c2ncccc21. The Morgan fingerprint density at radius 1 is 1.19 bits per heavy atom. The first-order valence-corrected chi connectivity index (χ1v) is 9.63. The lowest BCUT2D eigenvalue weighted by molar-refractivity contribution is -0.122. The van der Waals surface area contributed by atoms with Gasteiger partial charge in [0.15, 0.2) is 10.8 Å². The van der Waals surface area contributed by atoms with Crippen LogP contribution in [-0.4, -0.2) is 32.9 Å². The molecule has 1 N–H and O–H groups in total. The van der Waals surface area contributed by atoms with Crippen molar-refractivity contribution in [3.63, 3.8) is 0 Å². The Kier molecular flexibility index (Phi) is 3.31. The third-order valence-corrected chi connectivity index (χ3v) is 6.35. The summed E-state index contributed by atoms with van der Waals surface area (Å²) < 4.78 is 1.08. The smallest absolute Gasteiger partial charge is 0.238 e. The number of fused-ring (bicyclic) bond motifs is 2. The highest BCUT2D eigenvalue weighted by Gasteiger charge is 2.50. The molecule has 0 unspecified atom stereocenters. The van der Waals surface area contributed by atoms with Crippen LogP contribution in [0.3, 0.4) is 0 Å². The zero-order valence-corrected chi connectivity index (χ0v) is 15.5. The quantitative estimate of drug-likeness (QED) is 0.771. The molecule has 1 aliphatic heterocycles. The molecule has 1 fully saturated rings. The molecule has 0 atom stereocenters. The van der Waals surface area contributed by atoms with Crippen LogP contribution in [0.4, 0.5) is 10.9 Å². The molecule has 0 aromatic carbocycles. The average molecular weight is 365 g/mol. The molecule has 132 valence electrons. The Bertz CT molecular complexity index is 975. The van der Waals surface area contributed by atoms with E-state index < -0.39 is 5.41 Å². The minimum Gasteiger partial charge on any atom is -0.359 e. The number of carbonyl (C=O) groups excluding carboxylic acids is 1. The zero-order chi connectivity index (χ0) is 17.9. The summed E-state index contributed by atoms with van der Waals surface area (Å²) >= 11 is 1.62. The maximum Gasteiger partial charge on any atom is 0.238 e. The minimum absolute atomic E-state index is 0.152. The highest BCUT2D eigenvalue weighted by Crippen LogP contribution is 2.44. The molecule has 5 rings (SSSR count). The Morgan fingerprint density at radius 3 is 2.77 bits per heavy atom. The van der Waals surface area contributed by atoms with Gasteiger partial charge in [-0.15, -0.1) is 0 Å². The van der Waals surface area contributed by atoms with Crippen molar-refractivity contribution in [3.05, 3.63) is 42.2 Å². The number of carbonyl (C=O) groups is 1. The van der Waals surface area contributed by atoms with Crippen LogP contribution in [0, 0.1) is 0 Å². The molecular formula is C19H19N5OS. The summed E-state index contributed by atoms with van der Waals surface area (Å²) in [5.74, 6) is 0.981. The number of rotatable bonds is 3. The van der Waals surface area contributed by atoms with Gasteiger partial charge in [-0.25, -0.2) is 15.0 Å². The van der Waals surface area contributed by atoms with E-state index in [1.54, 1.807) is 23.7 Å². The second-order valence-corrected chi connectivity index (χ2v) is 8.52. The summed E-state index contributed by atoms with van der Waals surface area (Å²) in [6, 6.07) is 8.40. The number of pyridine rings is 2. The fourth-order valence-corrected chi connectivity index (χ4v) is 4.75. The fraction of sp³-hybridized carbons (Fsp3) is 0.368. The van der Waals surface area contributed by atoms with E-state index in [0.29, 0.717) is 6.04 Å². The summed E-state index contributed by atoms with van der Waals surface area (Å²) in [4.78, 5) is 28.2. The molecule has 3 aromatic rings. The van der Waals surface area contributed by atoms with Crippen molar-refractivity contribution in [3.8, 4) is 0 Å².